The van der Waals surface area contributed by atoms with Crippen LogP contribution >= 0.6 is 0 Å². The monoisotopic (exact) mass is 342 g/mol. The Bertz CT molecular complexity index is 468. The number of carbonyl (C=O) groups excluding carboxylic acids is 1. The second kappa shape index (κ2) is 6.56. The van der Waals surface area contributed by atoms with Gasteiger partial charge in [-0.3, -0.25) is 4.79 Å². The topological polar surface area (TPSA) is 77.5 Å². The predicted octanol–water partition coefficient (Wildman–Crippen LogP) is 1.88. The lowest BCUT2D eigenvalue weighted by molar-refractivity contribution is -0.172. The highest BCUT2D eigenvalue weighted by Crippen LogP contribution is 2.52. The van der Waals surface area contributed by atoms with Crippen LogP contribution in [0.15, 0.2) is 0 Å². The molecule has 6 nitrogen and oxygen atoms in total. The third-order valence-electron chi connectivity index (χ3n) is 5.90. The van der Waals surface area contributed by atoms with E-state index in [1.54, 1.807) is 0 Å². The van der Waals surface area contributed by atoms with Crippen LogP contribution in [-0.4, -0.2) is 55.0 Å². The summed E-state index contributed by atoms with van der Waals surface area (Å²) in [4.78, 5) is 12.6. The molecule has 0 aromatic heterocycles. The number of aliphatic hydroxyl groups excluding tert-OH is 1. The standard InChI is InChI=1S/C18H30O6/c1-17(2)6-5-11(10-23-17)9-22-16(20)12-7-14-18(3,24-14)8-13(12)15(19)21-4/h11-15,19H,5-10H2,1-4H3. The van der Waals surface area contributed by atoms with Gasteiger partial charge in [0, 0.05) is 18.9 Å². The number of ether oxygens (including phenoxy) is 4. The summed E-state index contributed by atoms with van der Waals surface area (Å²) in [6.07, 6.45) is 2.30. The van der Waals surface area contributed by atoms with E-state index in [2.05, 4.69) is 13.8 Å². The Hall–Kier alpha value is -0.690. The summed E-state index contributed by atoms with van der Waals surface area (Å²) < 4.78 is 22.1. The van der Waals surface area contributed by atoms with Gasteiger partial charge in [0.25, 0.3) is 0 Å². The Balaban J connectivity index is 1.53. The zero-order valence-corrected chi connectivity index (χ0v) is 15.1. The van der Waals surface area contributed by atoms with Crippen LogP contribution in [0.25, 0.3) is 0 Å². The molecule has 24 heavy (non-hydrogen) atoms. The largest absolute Gasteiger partial charge is 0.465 e. The van der Waals surface area contributed by atoms with Crippen LogP contribution in [0.4, 0.5) is 0 Å². The van der Waals surface area contributed by atoms with Crippen LogP contribution in [0, 0.1) is 17.8 Å². The summed E-state index contributed by atoms with van der Waals surface area (Å²) in [6, 6.07) is 0. The Morgan fingerprint density at radius 1 is 1.38 bits per heavy atom. The molecule has 0 amide bonds. The van der Waals surface area contributed by atoms with Gasteiger partial charge in [0.05, 0.1) is 36.4 Å². The maximum Gasteiger partial charge on any atom is 0.309 e. The van der Waals surface area contributed by atoms with E-state index in [9.17, 15) is 9.90 Å². The van der Waals surface area contributed by atoms with Crippen LogP contribution in [-0.2, 0) is 23.7 Å². The molecular weight excluding hydrogens is 312 g/mol. The molecule has 138 valence electrons. The SMILES string of the molecule is COC(O)C1CC2(C)OC2CC1C(=O)OCC1CCC(C)(C)OC1. The first-order valence-corrected chi connectivity index (χ1v) is 8.93. The van der Waals surface area contributed by atoms with Crippen LogP contribution in [0.5, 0.6) is 0 Å². The van der Waals surface area contributed by atoms with E-state index in [-0.39, 0.29) is 41.0 Å². The van der Waals surface area contributed by atoms with Crippen molar-refractivity contribution in [1.29, 1.82) is 0 Å². The van der Waals surface area contributed by atoms with Crippen molar-refractivity contribution < 1.29 is 28.8 Å². The summed E-state index contributed by atoms with van der Waals surface area (Å²) in [5.74, 6) is -0.661. The van der Waals surface area contributed by atoms with E-state index < -0.39 is 6.29 Å². The van der Waals surface area contributed by atoms with Crippen LogP contribution in [0.2, 0.25) is 0 Å². The van der Waals surface area contributed by atoms with Crippen molar-refractivity contribution in [3.05, 3.63) is 0 Å². The quantitative estimate of drug-likeness (QED) is 0.467. The van der Waals surface area contributed by atoms with Crippen LogP contribution in [0.1, 0.15) is 46.5 Å². The van der Waals surface area contributed by atoms with Crippen molar-refractivity contribution in [2.75, 3.05) is 20.3 Å². The Morgan fingerprint density at radius 2 is 2.12 bits per heavy atom. The van der Waals surface area contributed by atoms with Crippen LogP contribution < -0.4 is 0 Å². The lowest BCUT2D eigenvalue weighted by Crippen LogP contribution is -2.43. The molecule has 0 spiro atoms. The maximum absolute atomic E-state index is 12.6. The first-order valence-electron chi connectivity index (χ1n) is 8.93. The Kier molecular flexibility index (Phi) is 4.95. The molecule has 0 bridgehead atoms. The third-order valence-corrected chi connectivity index (χ3v) is 5.90. The summed E-state index contributed by atoms with van der Waals surface area (Å²) in [5, 5.41) is 10.1. The molecule has 1 aliphatic carbocycles. The number of carbonyl (C=O) groups is 1. The summed E-state index contributed by atoms with van der Waals surface area (Å²) >= 11 is 0. The van der Waals surface area contributed by atoms with Crippen molar-refractivity contribution >= 4 is 5.97 Å². The highest BCUT2D eigenvalue weighted by Gasteiger charge is 2.61. The zero-order valence-electron chi connectivity index (χ0n) is 15.1. The normalized spacial score (nSPS) is 42.0. The number of aliphatic hydroxyl groups is 1. The molecular formula is C18H30O6. The van der Waals surface area contributed by atoms with E-state index >= 15 is 0 Å². The average molecular weight is 342 g/mol. The lowest BCUT2D eigenvalue weighted by Gasteiger charge is -2.35. The number of hydrogen-bond donors (Lipinski definition) is 1. The van der Waals surface area contributed by atoms with Crippen molar-refractivity contribution in [3.8, 4) is 0 Å². The number of hydrogen-bond acceptors (Lipinski definition) is 6. The average Bonchev–Trinajstić information content (AvgIpc) is 3.21. The molecule has 6 atom stereocenters. The molecule has 6 heteroatoms. The molecule has 3 aliphatic rings. The molecule has 2 aliphatic heterocycles. The van der Waals surface area contributed by atoms with E-state index in [1.165, 1.54) is 7.11 Å². The fourth-order valence-electron chi connectivity index (χ4n) is 4.02. The molecule has 2 heterocycles. The van der Waals surface area contributed by atoms with Gasteiger partial charge in [0.1, 0.15) is 0 Å². The summed E-state index contributed by atoms with van der Waals surface area (Å²) in [7, 11) is 1.45. The third kappa shape index (κ3) is 3.77. The van der Waals surface area contributed by atoms with Gasteiger partial charge in [-0.1, -0.05) is 0 Å². The second-order valence-corrected chi connectivity index (χ2v) is 8.36. The summed E-state index contributed by atoms with van der Waals surface area (Å²) in [6.45, 7) is 7.19. The Morgan fingerprint density at radius 3 is 2.75 bits per heavy atom. The van der Waals surface area contributed by atoms with Gasteiger partial charge in [0.15, 0.2) is 6.29 Å². The molecule has 0 aromatic rings. The van der Waals surface area contributed by atoms with Gasteiger partial charge < -0.3 is 24.1 Å². The zero-order chi connectivity index (χ0) is 17.5. The van der Waals surface area contributed by atoms with E-state index in [4.69, 9.17) is 18.9 Å². The molecule has 1 N–H and O–H groups in total. The molecule has 6 unspecified atom stereocenters. The number of methoxy groups -OCH3 is 1. The van der Waals surface area contributed by atoms with Crippen LogP contribution in [0.3, 0.4) is 0 Å². The highest BCUT2D eigenvalue weighted by atomic mass is 16.6. The van der Waals surface area contributed by atoms with Gasteiger partial charge in [0.2, 0.25) is 0 Å². The summed E-state index contributed by atoms with van der Waals surface area (Å²) in [5.41, 5.74) is -0.297. The van der Waals surface area contributed by atoms with Crippen molar-refractivity contribution in [2.24, 2.45) is 17.8 Å². The van der Waals surface area contributed by atoms with Crippen molar-refractivity contribution in [2.45, 2.75) is 70.1 Å². The van der Waals surface area contributed by atoms with Gasteiger partial charge in [-0.05, 0) is 46.5 Å². The smallest absolute Gasteiger partial charge is 0.309 e. The fourth-order valence-corrected chi connectivity index (χ4v) is 4.02. The lowest BCUT2D eigenvalue weighted by atomic mass is 9.74. The number of esters is 1. The van der Waals surface area contributed by atoms with E-state index in [0.29, 0.717) is 26.1 Å². The highest BCUT2D eigenvalue weighted by molar-refractivity contribution is 5.73. The molecule has 2 saturated heterocycles. The first-order chi connectivity index (χ1) is 11.2. The minimum absolute atomic E-state index is 0.0781. The molecule has 1 saturated carbocycles. The fraction of sp³-hybridized carbons (Fsp3) is 0.944. The van der Waals surface area contributed by atoms with Crippen molar-refractivity contribution in [1.82, 2.24) is 0 Å². The molecule has 3 fully saturated rings. The number of fused-ring (bicyclic) bond motifs is 1. The number of rotatable bonds is 5. The van der Waals surface area contributed by atoms with E-state index in [0.717, 1.165) is 12.8 Å². The first kappa shape index (κ1) is 18.1. The van der Waals surface area contributed by atoms with Gasteiger partial charge in [-0.25, -0.2) is 0 Å². The van der Waals surface area contributed by atoms with Gasteiger partial charge >= 0.3 is 5.97 Å². The Labute approximate surface area is 143 Å². The molecule has 3 rings (SSSR count). The predicted molar refractivity (Wildman–Crippen MR) is 86.2 cm³/mol. The molecule has 0 aromatic carbocycles. The second-order valence-electron chi connectivity index (χ2n) is 8.36. The molecule has 0 radical (unpaired) electrons. The maximum atomic E-state index is 12.6. The number of epoxide rings is 1. The van der Waals surface area contributed by atoms with Crippen molar-refractivity contribution in [3.63, 3.8) is 0 Å². The van der Waals surface area contributed by atoms with E-state index in [1.807, 2.05) is 6.92 Å². The minimum Gasteiger partial charge on any atom is -0.465 e. The van der Waals surface area contributed by atoms with Gasteiger partial charge in [-0.15, -0.1) is 0 Å². The van der Waals surface area contributed by atoms with Gasteiger partial charge in [-0.2, -0.15) is 0 Å². The minimum atomic E-state index is -0.969.